The van der Waals surface area contributed by atoms with Gasteiger partial charge in [-0.15, -0.1) is 0 Å². The molecular weight excluding hydrogens is 360 g/mol. The Bertz CT molecular complexity index is 972. The maximum absolute atomic E-state index is 9.66. The summed E-state index contributed by atoms with van der Waals surface area (Å²) < 4.78 is 0. The fraction of sp³-hybridized carbons (Fsp3) is 0.304. The molecule has 3 aromatic rings. The number of anilines is 1. The third kappa shape index (κ3) is 4.58. The van der Waals surface area contributed by atoms with Crippen molar-refractivity contribution >= 4 is 5.95 Å². The van der Waals surface area contributed by atoms with Gasteiger partial charge < -0.3 is 4.90 Å². The number of nitrogens with zero attached hydrogens (tertiary/aromatic N) is 6. The van der Waals surface area contributed by atoms with Crippen LogP contribution in [0, 0.1) is 18.3 Å². The zero-order valence-corrected chi connectivity index (χ0v) is 16.6. The lowest BCUT2D eigenvalue weighted by atomic mass is 10.0. The number of nitriles is 1. The molecule has 1 unspecified atom stereocenters. The molecule has 4 rings (SSSR count). The number of hydrogen-bond donors (Lipinski definition) is 0. The summed E-state index contributed by atoms with van der Waals surface area (Å²) in [5, 5.41) is 9.66. The topological polar surface area (TPSA) is 68.9 Å². The Morgan fingerprint density at radius 1 is 0.931 bits per heavy atom. The molecule has 6 heteroatoms. The van der Waals surface area contributed by atoms with Gasteiger partial charge in [-0.2, -0.15) is 5.26 Å². The zero-order chi connectivity index (χ0) is 20.1. The second-order valence-corrected chi connectivity index (χ2v) is 7.35. The molecule has 1 fully saturated rings. The Morgan fingerprint density at radius 3 is 2.41 bits per heavy atom. The van der Waals surface area contributed by atoms with Crippen molar-refractivity contribution in [1.82, 2.24) is 19.9 Å². The smallest absolute Gasteiger partial charge is 0.225 e. The minimum absolute atomic E-state index is 0.485. The van der Waals surface area contributed by atoms with Gasteiger partial charge in [0.2, 0.25) is 5.95 Å². The van der Waals surface area contributed by atoms with Crippen LogP contribution in [0.4, 0.5) is 5.95 Å². The highest BCUT2D eigenvalue weighted by atomic mass is 15.3. The first-order valence-corrected chi connectivity index (χ1v) is 9.89. The summed E-state index contributed by atoms with van der Waals surface area (Å²) in [4.78, 5) is 18.1. The molecule has 6 nitrogen and oxygen atoms in total. The van der Waals surface area contributed by atoms with E-state index in [2.05, 4.69) is 57.0 Å². The SMILES string of the molecule is Cc1ccc(CN2CCN(c3nccc(C(C#N)c4ccccn4)n3)CC2)cc1. The lowest BCUT2D eigenvalue weighted by Gasteiger charge is -2.34. The second kappa shape index (κ2) is 8.80. The molecule has 1 aliphatic heterocycles. The molecule has 1 saturated heterocycles. The maximum Gasteiger partial charge on any atom is 0.225 e. The molecule has 0 bridgehead atoms. The first-order chi connectivity index (χ1) is 14.2. The van der Waals surface area contributed by atoms with Gasteiger partial charge in [0, 0.05) is 45.1 Å². The maximum atomic E-state index is 9.66. The zero-order valence-electron chi connectivity index (χ0n) is 16.6. The Kier molecular flexibility index (Phi) is 5.78. The molecule has 0 radical (unpaired) electrons. The Balaban J connectivity index is 1.42. The van der Waals surface area contributed by atoms with Gasteiger partial charge in [0.1, 0.15) is 5.92 Å². The van der Waals surface area contributed by atoms with Gasteiger partial charge in [-0.3, -0.25) is 9.88 Å². The minimum Gasteiger partial charge on any atom is -0.338 e. The quantitative estimate of drug-likeness (QED) is 0.673. The van der Waals surface area contributed by atoms with E-state index in [4.69, 9.17) is 4.98 Å². The molecule has 1 aliphatic rings. The molecular formula is C23H24N6. The van der Waals surface area contributed by atoms with Crippen LogP contribution in [0.1, 0.15) is 28.4 Å². The van der Waals surface area contributed by atoms with Crippen LogP contribution in [-0.2, 0) is 6.54 Å². The number of piperazine rings is 1. The van der Waals surface area contributed by atoms with Gasteiger partial charge in [0.05, 0.1) is 17.5 Å². The molecule has 2 aromatic heterocycles. The van der Waals surface area contributed by atoms with E-state index in [1.54, 1.807) is 18.5 Å². The highest BCUT2D eigenvalue weighted by Crippen LogP contribution is 2.22. The number of hydrogen-bond acceptors (Lipinski definition) is 6. The van der Waals surface area contributed by atoms with Gasteiger partial charge in [0.15, 0.2) is 0 Å². The number of pyridine rings is 1. The Labute approximate surface area is 171 Å². The number of rotatable bonds is 5. The summed E-state index contributed by atoms with van der Waals surface area (Å²) in [6.07, 6.45) is 3.44. The summed E-state index contributed by atoms with van der Waals surface area (Å²) in [7, 11) is 0. The van der Waals surface area contributed by atoms with Gasteiger partial charge in [-0.25, -0.2) is 9.97 Å². The molecule has 3 heterocycles. The third-order valence-electron chi connectivity index (χ3n) is 5.25. The lowest BCUT2D eigenvalue weighted by Crippen LogP contribution is -2.46. The van der Waals surface area contributed by atoms with Crippen molar-refractivity contribution in [2.75, 3.05) is 31.1 Å². The molecule has 146 valence electrons. The van der Waals surface area contributed by atoms with E-state index < -0.39 is 5.92 Å². The Morgan fingerprint density at radius 2 is 1.72 bits per heavy atom. The fourth-order valence-corrected chi connectivity index (χ4v) is 3.56. The van der Waals surface area contributed by atoms with Crippen molar-refractivity contribution < 1.29 is 0 Å². The standard InChI is InChI=1S/C23H24N6/c1-18-5-7-19(8-6-18)17-28-12-14-29(15-13-28)23-26-11-9-22(27-23)20(16-24)21-4-2-3-10-25-21/h2-11,20H,12-15,17H2,1H3. The van der Waals surface area contributed by atoms with Crippen LogP contribution >= 0.6 is 0 Å². The van der Waals surface area contributed by atoms with Crippen molar-refractivity contribution in [3.05, 3.63) is 83.4 Å². The van der Waals surface area contributed by atoms with E-state index >= 15 is 0 Å². The molecule has 0 saturated carbocycles. The molecule has 29 heavy (non-hydrogen) atoms. The van der Waals surface area contributed by atoms with Crippen molar-refractivity contribution in [3.8, 4) is 6.07 Å². The van der Waals surface area contributed by atoms with Crippen LogP contribution < -0.4 is 4.90 Å². The van der Waals surface area contributed by atoms with Crippen LogP contribution in [0.2, 0.25) is 0 Å². The van der Waals surface area contributed by atoms with Crippen molar-refractivity contribution in [3.63, 3.8) is 0 Å². The fourth-order valence-electron chi connectivity index (χ4n) is 3.56. The van der Waals surface area contributed by atoms with Crippen molar-refractivity contribution in [1.29, 1.82) is 5.26 Å². The monoisotopic (exact) mass is 384 g/mol. The highest BCUT2D eigenvalue weighted by molar-refractivity contribution is 5.36. The molecule has 0 aliphatic carbocycles. The van der Waals surface area contributed by atoms with Gasteiger partial charge in [-0.05, 0) is 30.7 Å². The molecule has 1 atom stereocenters. The van der Waals surface area contributed by atoms with Gasteiger partial charge >= 0.3 is 0 Å². The normalized spacial score (nSPS) is 15.7. The summed E-state index contributed by atoms with van der Waals surface area (Å²) in [5.41, 5.74) is 4.03. The minimum atomic E-state index is -0.485. The number of benzene rings is 1. The van der Waals surface area contributed by atoms with E-state index in [9.17, 15) is 5.26 Å². The summed E-state index contributed by atoms with van der Waals surface area (Å²) in [5.74, 6) is 0.203. The summed E-state index contributed by atoms with van der Waals surface area (Å²) in [6, 6.07) is 18.5. The number of aryl methyl sites for hydroxylation is 1. The van der Waals surface area contributed by atoms with E-state index in [1.165, 1.54) is 11.1 Å². The first-order valence-electron chi connectivity index (χ1n) is 9.89. The van der Waals surface area contributed by atoms with Crippen molar-refractivity contribution in [2.45, 2.75) is 19.4 Å². The molecule has 1 aromatic carbocycles. The van der Waals surface area contributed by atoms with Crippen LogP contribution in [0.3, 0.4) is 0 Å². The molecule has 0 N–H and O–H groups in total. The van der Waals surface area contributed by atoms with E-state index in [1.807, 2.05) is 18.2 Å². The van der Waals surface area contributed by atoms with Gasteiger partial charge in [-0.1, -0.05) is 35.9 Å². The predicted molar refractivity (Wildman–Crippen MR) is 112 cm³/mol. The predicted octanol–water partition coefficient (Wildman–Crippen LogP) is 3.16. The first kappa shape index (κ1) is 19.0. The lowest BCUT2D eigenvalue weighted by molar-refractivity contribution is 0.248. The highest BCUT2D eigenvalue weighted by Gasteiger charge is 2.22. The molecule has 0 spiro atoms. The van der Waals surface area contributed by atoms with E-state index in [0.717, 1.165) is 32.7 Å². The van der Waals surface area contributed by atoms with Crippen LogP contribution in [0.25, 0.3) is 0 Å². The van der Waals surface area contributed by atoms with Crippen LogP contribution in [0.15, 0.2) is 60.9 Å². The van der Waals surface area contributed by atoms with E-state index in [-0.39, 0.29) is 0 Å². The van der Waals surface area contributed by atoms with Crippen LogP contribution in [0.5, 0.6) is 0 Å². The van der Waals surface area contributed by atoms with Crippen molar-refractivity contribution in [2.24, 2.45) is 0 Å². The average Bonchev–Trinajstić information content (AvgIpc) is 2.77. The second-order valence-electron chi connectivity index (χ2n) is 7.35. The van der Waals surface area contributed by atoms with Crippen LogP contribution in [-0.4, -0.2) is 46.0 Å². The Hall–Kier alpha value is -3.30. The van der Waals surface area contributed by atoms with Gasteiger partial charge in [0.25, 0.3) is 0 Å². The van der Waals surface area contributed by atoms with E-state index in [0.29, 0.717) is 17.3 Å². The summed E-state index contributed by atoms with van der Waals surface area (Å²) >= 11 is 0. The largest absolute Gasteiger partial charge is 0.338 e. The number of aromatic nitrogens is 3. The average molecular weight is 384 g/mol. The summed E-state index contributed by atoms with van der Waals surface area (Å²) in [6.45, 7) is 6.74. The molecule has 0 amide bonds. The third-order valence-corrected chi connectivity index (χ3v) is 5.25.